The molecule has 3 aromatic carbocycles. The molecule has 4 aromatic rings. The number of carbonyl (C=O) groups excluding carboxylic acids is 1. The molecule has 35 heavy (non-hydrogen) atoms. The molecule has 0 bridgehead atoms. The van der Waals surface area contributed by atoms with E-state index in [-0.39, 0.29) is 17.6 Å². The average molecular weight is 473 g/mol. The fourth-order valence-electron chi connectivity index (χ4n) is 4.69. The zero-order valence-electron chi connectivity index (χ0n) is 19.8. The highest BCUT2D eigenvalue weighted by Gasteiger charge is 2.26. The van der Waals surface area contributed by atoms with Crippen molar-refractivity contribution in [2.75, 3.05) is 20.2 Å². The summed E-state index contributed by atoms with van der Waals surface area (Å²) in [6.45, 7) is 2.84. The minimum Gasteiger partial charge on any atom is -0.497 e. The van der Waals surface area contributed by atoms with Crippen LogP contribution in [0.5, 0.6) is 5.75 Å². The first-order chi connectivity index (χ1) is 17.1. The number of fused-ring (bicyclic) bond motifs is 1. The van der Waals surface area contributed by atoms with Crippen LogP contribution in [0, 0.1) is 11.7 Å². The molecule has 1 fully saturated rings. The molecule has 5 rings (SSSR count). The summed E-state index contributed by atoms with van der Waals surface area (Å²) in [6, 6.07) is 22.3. The fraction of sp³-hybridized carbons (Fsp3) is 0.286. The molecule has 1 N–H and O–H groups in total. The Labute approximate surface area is 204 Å². The summed E-state index contributed by atoms with van der Waals surface area (Å²) >= 11 is 0. The highest BCUT2D eigenvalue weighted by atomic mass is 19.1. The zero-order chi connectivity index (χ0) is 24.2. The lowest BCUT2D eigenvalue weighted by molar-refractivity contribution is -0.126. The number of nitrogens with one attached hydrogen (secondary N) is 1. The Kier molecular flexibility index (Phi) is 6.77. The van der Waals surface area contributed by atoms with Crippen LogP contribution in [0.15, 0.2) is 72.8 Å². The number of para-hydroxylation sites is 2. The number of likely N-dealkylation sites (tertiary alicyclic amines) is 1. The number of nitrogens with zero attached hydrogens (tertiary/aromatic N) is 3. The number of amides is 1. The molecule has 7 heteroatoms. The lowest BCUT2D eigenvalue weighted by Crippen LogP contribution is -2.40. The number of ether oxygens (including phenoxy) is 1. The highest BCUT2D eigenvalue weighted by Crippen LogP contribution is 2.25. The van der Waals surface area contributed by atoms with Gasteiger partial charge in [0.05, 0.1) is 24.7 Å². The van der Waals surface area contributed by atoms with E-state index in [4.69, 9.17) is 9.72 Å². The van der Waals surface area contributed by atoms with E-state index in [1.165, 1.54) is 12.1 Å². The SMILES string of the molecule is COc1ccc(CNC(=O)C2CCN(Cc3nc4ccccc4n3-c3ccc(F)cc3)CC2)cc1. The van der Waals surface area contributed by atoms with E-state index in [9.17, 15) is 9.18 Å². The molecule has 6 nitrogen and oxygen atoms in total. The number of hydrogen-bond acceptors (Lipinski definition) is 4. The lowest BCUT2D eigenvalue weighted by atomic mass is 9.96. The topological polar surface area (TPSA) is 59.4 Å². The van der Waals surface area contributed by atoms with Crippen LogP contribution in [0.2, 0.25) is 0 Å². The molecule has 1 saturated heterocycles. The largest absolute Gasteiger partial charge is 0.497 e. The lowest BCUT2D eigenvalue weighted by Gasteiger charge is -2.31. The Hall–Kier alpha value is -3.71. The van der Waals surface area contributed by atoms with Gasteiger partial charge >= 0.3 is 0 Å². The molecular formula is C28H29FN4O2. The van der Waals surface area contributed by atoms with Gasteiger partial charge in [-0.15, -0.1) is 0 Å². The Morgan fingerprint density at radius 3 is 2.46 bits per heavy atom. The summed E-state index contributed by atoms with van der Waals surface area (Å²) in [4.78, 5) is 20.0. The van der Waals surface area contributed by atoms with E-state index in [2.05, 4.69) is 14.8 Å². The third-order valence-corrected chi connectivity index (χ3v) is 6.66. The summed E-state index contributed by atoms with van der Waals surface area (Å²) < 4.78 is 20.8. The molecule has 180 valence electrons. The summed E-state index contributed by atoms with van der Waals surface area (Å²) in [5.74, 6) is 1.59. The first-order valence-electron chi connectivity index (χ1n) is 12.0. The second-order valence-corrected chi connectivity index (χ2v) is 8.94. The second kappa shape index (κ2) is 10.3. The number of piperidine rings is 1. The Balaban J connectivity index is 1.22. The van der Waals surface area contributed by atoms with E-state index in [0.29, 0.717) is 13.1 Å². The predicted octanol–water partition coefficient (Wildman–Crippen LogP) is 4.70. The Bertz CT molecular complexity index is 1290. The number of imidazole rings is 1. The van der Waals surface area contributed by atoms with Crippen molar-refractivity contribution in [2.45, 2.75) is 25.9 Å². The van der Waals surface area contributed by atoms with Gasteiger partial charge in [-0.1, -0.05) is 24.3 Å². The highest BCUT2D eigenvalue weighted by molar-refractivity contribution is 5.79. The van der Waals surface area contributed by atoms with Crippen molar-refractivity contribution >= 4 is 16.9 Å². The molecule has 2 heterocycles. The average Bonchev–Trinajstić information content (AvgIpc) is 3.26. The molecule has 0 aliphatic carbocycles. The molecule has 0 atom stereocenters. The van der Waals surface area contributed by atoms with Crippen LogP contribution in [0.3, 0.4) is 0 Å². The quantitative estimate of drug-likeness (QED) is 0.424. The van der Waals surface area contributed by atoms with Crippen LogP contribution in [-0.4, -0.2) is 40.6 Å². The van der Waals surface area contributed by atoms with Crippen molar-refractivity contribution in [2.24, 2.45) is 5.92 Å². The van der Waals surface area contributed by atoms with Gasteiger partial charge < -0.3 is 10.1 Å². The van der Waals surface area contributed by atoms with Crippen LogP contribution < -0.4 is 10.1 Å². The van der Waals surface area contributed by atoms with E-state index in [1.807, 2.05) is 48.5 Å². The van der Waals surface area contributed by atoms with Gasteiger partial charge in [0.2, 0.25) is 5.91 Å². The van der Waals surface area contributed by atoms with Gasteiger partial charge in [-0.05, 0) is 80.0 Å². The smallest absolute Gasteiger partial charge is 0.223 e. The van der Waals surface area contributed by atoms with E-state index < -0.39 is 0 Å². The van der Waals surface area contributed by atoms with Gasteiger partial charge in [0, 0.05) is 18.2 Å². The van der Waals surface area contributed by atoms with E-state index >= 15 is 0 Å². The van der Waals surface area contributed by atoms with Crippen LogP contribution in [0.1, 0.15) is 24.2 Å². The van der Waals surface area contributed by atoms with E-state index in [0.717, 1.165) is 59.8 Å². The van der Waals surface area contributed by atoms with Gasteiger partial charge in [0.15, 0.2) is 0 Å². The van der Waals surface area contributed by atoms with E-state index in [1.54, 1.807) is 19.2 Å². The van der Waals surface area contributed by atoms with Gasteiger partial charge in [-0.25, -0.2) is 9.37 Å². The maximum absolute atomic E-state index is 13.5. The molecule has 0 spiro atoms. The van der Waals surface area contributed by atoms with Crippen molar-refractivity contribution in [1.82, 2.24) is 19.8 Å². The number of rotatable bonds is 7. The summed E-state index contributed by atoms with van der Waals surface area (Å²) in [5, 5.41) is 3.08. The fourth-order valence-corrected chi connectivity index (χ4v) is 4.69. The first-order valence-corrected chi connectivity index (χ1v) is 12.0. The number of aromatic nitrogens is 2. The predicted molar refractivity (Wildman–Crippen MR) is 134 cm³/mol. The number of carbonyl (C=O) groups is 1. The molecular weight excluding hydrogens is 443 g/mol. The van der Waals surface area contributed by atoms with Crippen molar-refractivity contribution in [1.29, 1.82) is 0 Å². The molecule has 1 aliphatic rings. The maximum Gasteiger partial charge on any atom is 0.223 e. The minimum atomic E-state index is -0.257. The van der Waals surface area contributed by atoms with Crippen molar-refractivity contribution in [3.05, 3.63) is 90.0 Å². The number of methoxy groups -OCH3 is 1. The van der Waals surface area contributed by atoms with Gasteiger partial charge in [0.1, 0.15) is 17.4 Å². The molecule has 1 aliphatic heterocycles. The summed E-state index contributed by atoms with van der Waals surface area (Å²) in [6.07, 6.45) is 1.62. The van der Waals surface area contributed by atoms with Crippen molar-refractivity contribution in [3.63, 3.8) is 0 Å². The van der Waals surface area contributed by atoms with Crippen LogP contribution in [0.25, 0.3) is 16.7 Å². The maximum atomic E-state index is 13.5. The second-order valence-electron chi connectivity index (χ2n) is 8.94. The molecule has 0 saturated carbocycles. The minimum absolute atomic E-state index is 0.0143. The van der Waals surface area contributed by atoms with Gasteiger partial charge in [0.25, 0.3) is 0 Å². The summed E-state index contributed by atoms with van der Waals surface area (Å²) in [7, 11) is 1.64. The monoisotopic (exact) mass is 472 g/mol. The standard InChI is InChI=1S/C28H29FN4O2/c1-35-24-12-6-20(7-13-24)18-30-28(34)21-14-16-32(17-15-21)19-27-31-25-4-2-3-5-26(25)33(27)23-10-8-22(29)9-11-23/h2-13,21H,14-19H2,1H3,(H,30,34). The Morgan fingerprint density at radius 2 is 1.74 bits per heavy atom. The molecule has 0 unspecified atom stereocenters. The van der Waals surface area contributed by atoms with Crippen LogP contribution in [-0.2, 0) is 17.9 Å². The number of hydrogen-bond donors (Lipinski definition) is 1. The third kappa shape index (κ3) is 5.20. The zero-order valence-corrected chi connectivity index (χ0v) is 19.8. The van der Waals surface area contributed by atoms with Crippen LogP contribution in [0.4, 0.5) is 4.39 Å². The number of halogens is 1. The Morgan fingerprint density at radius 1 is 1.03 bits per heavy atom. The van der Waals surface area contributed by atoms with Crippen molar-refractivity contribution < 1.29 is 13.9 Å². The normalized spacial score (nSPS) is 14.8. The molecule has 1 amide bonds. The summed E-state index contributed by atoms with van der Waals surface area (Å²) in [5.41, 5.74) is 3.86. The van der Waals surface area contributed by atoms with Crippen molar-refractivity contribution in [3.8, 4) is 11.4 Å². The molecule has 0 radical (unpaired) electrons. The van der Waals surface area contributed by atoms with Crippen LogP contribution >= 0.6 is 0 Å². The molecule has 1 aromatic heterocycles. The van der Waals surface area contributed by atoms with Gasteiger partial charge in [-0.2, -0.15) is 0 Å². The number of benzene rings is 3. The first kappa shape index (κ1) is 23.1. The third-order valence-electron chi connectivity index (χ3n) is 6.66. The van der Waals surface area contributed by atoms with Gasteiger partial charge in [-0.3, -0.25) is 14.3 Å².